The van der Waals surface area contributed by atoms with Gasteiger partial charge in [0.2, 0.25) is 0 Å². The molecule has 130 valence electrons. The second-order valence-electron chi connectivity index (χ2n) is 7.97. The van der Waals surface area contributed by atoms with E-state index in [2.05, 4.69) is 52.0 Å². The Bertz CT molecular complexity index is 601. The standard InChI is InChI=1S/C19H27BO4/c1-6-22-16(21)13-19(11-12-19)14-7-9-15(10-8-14)20-23-17(2,3)18(4,5)24-20/h7-10H,6,11-13H2,1-5H3. The molecule has 2 fully saturated rings. The van der Waals surface area contributed by atoms with Gasteiger partial charge in [0.15, 0.2) is 0 Å². The summed E-state index contributed by atoms with van der Waals surface area (Å²) in [6.45, 7) is 10.5. The first-order valence-corrected chi connectivity index (χ1v) is 8.81. The molecule has 0 aromatic heterocycles. The number of esters is 1. The highest BCUT2D eigenvalue weighted by Gasteiger charge is 2.52. The monoisotopic (exact) mass is 330 g/mol. The predicted octanol–water partition coefficient (Wildman–Crippen LogP) is 2.97. The molecule has 24 heavy (non-hydrogen) atoms. The Labute approximate surface area is 145 Å². The molecule has 1 saturated heterocycles. The summed E-state index contributed by atoms with van der Waals surface area (Å²) in [6.07, 6.45) is 2.56. The molecule has 0 spiro atoms. The molecule has 2 aliphatic rings. The van der Waals surface area contributed by atoms with Gasteiger partial charge in [0.1, 0.15) is 0 Å². The number of ether oxygens (including phenoxy) is 1. The van der Waals surface area contributed by atoms with E-state index in [1.54, 1.807) is 0 Å². The summed E-state index contributed by atoms with van der Waals surface area (Å²) < 4.78 is 17.3. The van der Waals surface area contributed by atoms with Crippen LogP contribution in [0.3, 0.4) is 0 Å². The highest BCUT2D eigenvalue weighted by Crippen LogP contribution is 2.51. The molecular formula is C19H27BO4. The van der Waals surface area contributed by atoms with Gasteiger partial charge >= 0.3 is 13.1 Å². The van der Waals surface area contributed by atoms with Gasteiger partial charge in [0, 0.05) is 5.41 Å². The van der Waals surface area contributed by atoms with Crippen molar-refractivity contribution in [3.8, 4) is 0 Å². The smallest absolute Gasteiger partial charge is 0.466 e. The Balaban J connectivity index is 1.72. The molecule has 4 nitrogen and oxygen atoms in total. The van der Waals surface area contributed by atoms with E-state index in [0.29, 0.717) is 13.0 Å². The summed E-state index contributed by atoms with van der Waals surface area (Å²) in [4.78, 5) is 11.8. The van der Waals surface area contributed by atoms with Crippen LogP contribution in [0.4, 0.5) is 0 Å². The van der Waals surface area contributed by atoms with Gasteiger partial charge in [-0.3, -0.25) is 4.79 Å². The van der Waals surface area contributed by atoms with Crippen molar-refractivity contribution in [2.45, 2.75) is 70.5 Å². The molecule has 0 unspecified atom stereocenters. The average molecular weight is 330 g/mol. The lowest BCUT2D eigenvalue weighted by Gasteiger charge is -2.32. The third-order valence-electron chi connectivity index (χ3n) is 5.69. The fourth-order valence-electron chi connectivity index (χ4n) is 3.18. The van der Waals surface area contributed by atoms with E-state index in [1.165, 1.54) is 5.56 Å². The molecule has 0 atom stereocenters. The second-order valence-corrected chi connectivity index (χ2v) is 7.97. The van der Waals surface area contributed by atoms with Crippen LogP contribution in [0.5, 0.6) is 0 Å². The summed E-state index contributed by atoms with van der Waals surface area (Å²) >= 11 is 0. The molecule has 0 bridgehead atoms. The summed E-state index contributed by atoms with van der Waals surface area (Å²) in [6, 6.07) is 8.32. The van der Waals surface area contributed by atoms with Gasteiger partial charge in [0.05, 0.1) is 24.2 Å². The molecule has 0 N–H and O–H groups in total. The fourth-order valence-corrected chi connectivity index (χ4v) is 3.18. The van der Waals surface area contributed by atoms with Crippen molar-refractivity contribution < 1.29 is 18.8 Å². The molecule has 1 heterocycles. The van der Waals surface area contributed by atoms with Crippen LogP contribution in [-0.4, -0.2) is 30.9 Å². The van der Waals surface area contributed by atoms with E-state index in [1.807, 2.05) is 6.92 Å². The molecule has 1 aliphatic carbocycles. The van der Waals surface area contributed by atoms with E-state index in [4.69, 9.17) is 14.0 Å². The average Bonchev–Trinajstić information content (AvgIpc) is 3.22. The van der Waals surface area contributed by atoms with Gasteiger partial charge in [-0.05, 0) is 58.5 Å². The first-order chi connectivity index (χ1) is 11.2. The van der Waals surface area contributed by atoms with Crippen molar-refractivity contribution in [2.75, 3.05) is 6.61 Å². The van der Waals surface area contributed by atoms with Crippen molar-refractivity contribution in [3.05, 3.63) is 29.8 Å². The zero-order valence-corrected chi connectivity index (χ0v) is 15.3. The van der Waals surface area contributed by atoms with E-state index in [0.717, 1.165) is 18.3 Å². The van der Waals surface area contributed by atoms with Crippen LogP contribution in [0.1, 0.15) is 59.4 Å². The summed E-state index contributed by atoms with van der Waals surface area (Å²) in [7, 11) is -0.343. The Morgan fingerprint density at radius 2 is 1.62 bits per heavy atom. The minimum Gasteiger partial charge on any atom is -0.466 e. The largest absolute Gasteiger partial charge is 0.494 e. The maximum atomic E-state index is 11.8. The lowest BCUT2D eigenvalue weighted by atomic mass is 9.77. The fraction of sp³-hybridized carbons (Fsp3) is 0.632. The predicted molar refractivity (Wildman–Crippen MR) is 94.3 cm³/mol. The normalized spacial score (nSPS) is 23.1. The minimum absolute atomic E-state index is 0.0271. The van der Waals surface area contributed by atoms with E-state index in [-0.39, 0.29) is 29.7 Å². The number of hydrogen-bond donors (Lipinski definition) is 0. The van der Waals surface area contributed by atoms with Crippen LogP contribution < -0.4 is 5.46 Å². The molecule has 5 heteroatoms. The molecule has 1 aromatic rings. The number of carbonyl (C=O) groups excluding carboxylic acids is 1. The van der Waals surface area contributed by atoms with Crippen molar-refractivity contribution >= 4 is 18.6 Å². The summed E-state index contributed by atoms with van der Waals surface area (Å²) in [5.74, 6) is -0.106. The zero-order valence-electron chi connectivity index (χ0n) is 15.3. The molecule has 1 aliphatic heterocycles. The molecule has 3 rings (SSSR count). The maximum Gasteiger partial charge on any atom is 0.494 e. The highest BCUT2D eigenvalue weighted by molar-refractivity contribution is 6.62. The third-order valence-corrected chi connectivity index (χ3v) is 5.69. The minimum atomic E-state index is -0.343. The molecule has 0 amide bonds. The lowest BCUT2D eigenvalue weighted by Crippen LogP contribution is -2.41. The number of benzene rings is 1. The Morgan fingerprint density at radius 3 is 2.08 bits per heavy atom. The molecule has 1 aromatic carbocycles. The second kappa shape index (κ2) is 5.89. The lowest BCUT2D eigenvalue weighted by molar-refractivity contribution is -0.143. The number of carbonyl (C=O) groups is 1. The Morgan fingerprint density at radius 1 is 1.08 bits per heavy atom. The highest BCUT2D eigenvalue weighted by atomic mass is 16.7. The van der Waals surface area contributed by atoms with Gasteiger partial charge < -0.3 is 14.0 Å². The van der Waals surface area contributed by atoms with Gasteiger partial charge in [0.25, 0.3) is 0 Å². The molecule has 0 radical (unpaired) electrons. The molecular weight excluding hydrogens is 303 g/mol. The summed E-state index contributed by atoms with van der Waals surface area (Å²) in [5.41, 5.74) is 1.52. The van der Waals surface area contributed by atoms with E-state index >= 15 is 0 Å². The number of rotatable bonds is 5. The van der Waals surface area contributed by atoms with Crippen LogP contribution in [0.2, 0.25) is 0 Å². The van der Waals surface area contributed by atoms with Gasteiger partial charge in [-0.1, -0.05) is 24.3 Å². The number of hydrogen-bond acceptors (Lipinski definition) is 4. The Kier molecular flexibility index (Phi) is 4.29. The third kappa shape index (κ3) is 3.12. The topological polar surface area (TPSA) is 44.8 Å². The first kappa shape index (κ1) is 17.5. The maximum absolute atomic E-state index is 11.8. The van der Waals surface area contributed by atoms with E-state index in [9.17, 15) is 4.79 Å². The van der Waals surface area contributed by atoms with Crippen molar-refractivity contribution in [1.29, 1.82) is 0 Å². The van der Waals surface area contributed by atoms with Crippen molar-refractivity contribution in [1.82, 2.24) is 0 Å². The van der Waals surface area contributed by atoms with Gasteiger partial charge in [-0.25, -0.2) is 0 Å². The zero-order chi connectivity index (χ0) is 17.6. The van der Waals surface area contributed by atoms with Crippen LogP contribution in [0.25, 0.3) is 0 Å². The first-order valence-electron chi connectivity index (χ1n) is 8.81. The van der Waals surface area contributed by atoms with Crippen LogP contribution in [0, 0.1) is 0 Å². The van der Waals surface area contributed by atoms with E-state index < -0.39 is 0 Å². The van der Waals surface area contributed by atoms with Crippen molar-refractivity contribution in [2.24, 2.45) is 0 Å². The Hall–Kier alpha value is -1.33. The summed E-state index contributed by atoms with van der Waals surface area (Å²) in [5, 5.41) is 0. The van der Waals surface area contributed by atoms with Crippen molar-refractivity contribution in [3.63, 3.8) is 0 Å². The van der Waals surface area contributed by atoms with Gasteiger partial charge in [-0.2, -0.15) is 0 Å². The van der Waals surface area contributed by atoms with Crippen LogP contribution in [0.15, 0.2) is 24.3 Å². The molecule has 1 saturated carbocycles. The van der Waals surface area contributed by atoms with Crippen LogP contribution in [-0.2, 0) is 24.3 Å². The quantitative estimate of drug-likeness (QED) is 0.615. The van der Waals surface area contributed by atoms with Crippen LogP contribution >= 0.6 is 0 Å². The van der Waals surface area contributed by atoms with Gasteiger partial charge in [-0.15, -0.1) is 0 Å². The SMILES string of the molecule is CCOC(=O)CC1(c2ccc(B3OC(C)(C)C(C)(C)O3)cc2)CC1.